The third kappa shape index (κ3) is 7.09. The van der Waals surface area contributed by atoms with Gasteiger partial charge in [0.15, 0.2) is 0 Å². The monoisotopic (exact) mass is 519 g/mol. The van der Waals surface area contributed by atoms with Crippen LogP contribution in [0.2, 0.25) is 0 Å². The first-order chi connectivity index (χ1) is 17.0. The highest BCUT2D eigenvalue weighted by Crippen LogP contribution is 2.33. The van der Waals surface area contributed by atoms with E-state index in [1.165, 1.54) is 23.5 Å². The first-order valence-corrected chi connectivity index (χ1v) is 12.9. The van der Waals surface area contributed by atoms with E-state index in [-0.39, 0.29) is 18.0 Å². The van der Waals surface area contributed by atoms with Gasteiger partial charge in [-0.2, -0.15) is 13.2 Å². The number of aromatic nitrogens is 1. The molecule has 0 N–H and O–H groups in total. The molecule has 36 heavy (non-hydrogen) atoms. The molecule has 0 amide bonds. The van der Waals surface area contributed by atoms with Crippen LogP contribution in [0.1, 0.15) is 54.5 Å². The van der Waals surface area contributed by atoms with Crippen LogP contribution < -0.4 is 4.74 Å². The fourth-order valence-corrected chi connectivity index (χ4v) is 5.15. The van der Waals surface area contributed by atoms with Gasteiger partial charge in [0, 0.05) is 16.9 Å². The highest BCUT2D eigenvalue weighted by Gasteiger charge is 2.30. The second kappa shape index (κ2) is 11.9. The highest BCUT2D eigenvalue weighted by atomic mass is 32.1. The molecule has 1 heterocycles. The van der Waals surface area contributed by atoms with E-state index in [0.717, 1.165) is 46.0 Å². The molecular weight excluding hydrogens is 487 g/mol. The number of rotatable bonds is 10. The molecule has 194 valence electrons. The number of benzene rings is 2. The normalized spacial score (nSPS) is 13.3. The van der Waals surface area contributed by atoms with Crippen LogP contribution in [-0.2, 0) is 28.5 Å². The van der Waals surface area contributed by atoms with Gasteiger partial charge in [-0.3, -0.25) is 4.79 Å². The molecule has 0 spiro atoms. The summed E-state index contributed by atoms with van der Waals surface area (Å²) in [7, 11) is 0. The van der Waals surface area contributed by atoms with E-state index in [0.29, 0.717) is 30.0 Å². The van der Waals surface area contributed by atoms with Gasteiger partial charge in [0.25, 0.3) is 0 Å². The maximum absolute atomic E-state index is 12.8. The largest absolute Gasteiger partial charge is 0.490 e. The van der Waals surface area contributed by atoms with Crippen LogP contribution in [0.3, 0.4) is 0 Å². The Bertz CT molecular complexity index is 1170. The molecule has 0 saturated heterocycles. The lowest BCUT2D eigenvalue weighted by molar-refractivity contribution is -0.148. The number of carbonyl (C=O) groups excluding carboxylic acids is 1. The summed E-state index contributed by atoms with van der Waals surface area (Å²) >= 11 is 1.47. The molecule has 1 aromatic heterocycles. The Morgan fingerprint density at radius 1 is 1.06 bits per heavy atom. The van der Waals surface area contributed by atoms with Crippen molar-refractivity contribution in [3.63, 3.8) is 0 Å². The predicted octanol–water partition coefficient (Wildman–Crippen LogP) is 7.59. The SMILES string of the molecule is CCOC(=O)C(CC)Cc1ccc(OC(C)Cc2sc(-c3ccc(C(F)(F)F)cc3)nc2C)cc1C. The summed E-state index contributed by atoms with van der Waals surface area (Å²) in [5, 5.41) is 0.690. The van der Waals surface area contributed by atoms with Crippen molar-refractivity contribution in [2.75, 3.05) is 6.61 Å². The van der Waals surface area contributed by atoms with Crippen LogP contribution in [-0.4, -0.2) is 23.7 Å². The van der Waals surface area contributed by atoms with E-state index in [2.05, 4.69) is 4.98 Å². The van der Waals surface area contributed by atoms with Gasteiger partial charge in [-0.25, -0.2) is 4.98 Å². The minimum Gasteiger partial charge on any atom is -0.490 e. The lowest BCUT2D eigenvalue weighted by Crippen LogP contribution is -2.20. The maximum Gasteiger partial charge on any atom is 0.416 e. The van der Waals surface area contributed by atoms with Crippen LogP contribution in [0.15, 0.2) is 42.5 Å². The van der Waals surface area contributed by atoms with Crippen LogP contribution >= 0.6 is 11.3 Å². The molecule has 0 saturated carbocycles. The molecule has 2 atom stereocenters. The molecular formula is C28H32F3NO3S. The van der Waals surface area contributed by atoms with Gasteiger partial charge < -0.3 is 9.47 Å². The van der Waals surface area contributed by atoms with Crippen LogP contribution in [0.25, 0.3) is 10.6 Å². The number of halogens is 3. The summed E-state index contributed by atoms with van der Waals surface area (Å²) in [6, 6.07) is 11.0. The number of alkyl halides is 3. The van der Waals surface area contributed by atoms with Gasteiger partial charge in [0.1, 0.15) is 16.9 Å². The summed E-state index contributed by atoms with van der Waals surface area (Å²) in [4.78, 5) is 17.8. The van der Waals surface area contributed by atoms with Gasteiger partial charge in [-0.05, 0) is 75.9 Å². The van der Waals surface area contributed by atoms with Crippen molar-refractivity contribution >= 4 is 17.3 Å². The summed E-state index contributed by atoms with van der Waals surface area (Å²) in [6.07, 6.45) is -2.51. The first-order valence-electron chi connectivity index (χ1n) is 12.1. The average Bonchev–Trinajstić information content (AvgIpc) is 3.18. The van der Waals surface area contributed by atoms with Gasteiger partial charge >= 0.3 is 12.1 Å². The van der Waals surface area contributed by atoms with Crippen molar-refractivity contribution in [3.8, 4) is 16.3 Å². The Kier molecular flexibility index (Phi) is 9.17. The Morgan fingerprint density at radius 2 is 1.75 bits per heavy atom. The summed E-state index contributed by atoms with van der Waals surface area (Å²) in [5.41, 5.74) is 2.99. The fraction of sp³-hybridized carbons (Fsp3) is 0.429. The van der Waals surface area contributed by atoms with Crippen molar-refractivity contribution in [3.05, 3.63) is 69.7 Å². The van der Waals surface area contributed by atoms with Gasteiger partial charge in [-0.15, -0.1) is 11.3 Å². The number of esters is 1. The van der Waals surface area contributed by atoms with Gasteiger partial charge in [0.05, 0.1) is 23.8 Å². The van der Waals surface area contributed by atoms with Crippen molar-refractivity contribution in [1.29, 1.82) is 0 Å². The van der Waals surface area contributed by atoms with E-state index < -0.39 is 11.7 Å². The molecule has 2 aromatic carbocycles. The number of carbonyl (C=O) groups is 1. The summed E-state index contributed by atoms with van der Waals surface area (Å²) in [5.74, 6) is 0.421. The van der Waals surface area contributed by atoms with Crippen molar-refractivity contribution in [2.24, 2.45) is 5.92 Å². The van der Waals surface area contributed by atoms with Crippen molar-refractivity contribution in [1.82, 2.24) is 4.98 Å². The summed E-state index contributed by atoms with van der Waals surface area (Å²) < 4.78 is 49.9. The topological polar surface area (TPSA) is 48.4 Å². The maximum atomic E-state index is 12.8. The molecule has 0 aliphatic heterocycles. The zero-order valence-electron chi connectivity index (χ0n) is 21.2. The number of thiazole rings is 1. The molecule has 0 aliphatic carbocycles. The zero-order chi connectivity index (χ0) is 26.5. The molecule has 3 rings (SSSR count). The van der Waals surface area contributed by atoms with Crippen LogP contribution in [0, 0.1) is 19.8 Å². The number of aryl methyl sites for hydroxylation is 2. The number of hydrogen-bond donors (Lipinski definition) is 0. The predicted molar refractivity (Wildman–Crippen MR) is 136 cm³/mol. The van der Waals surface area contributed by atoms with E-state index in [1.54, 1.807) is 0 Å². The highest BCUT2D eigenvalue weighted by molar-refractivity contribution is 7.15. The molecule has 0 aliphatic rings. The van der Waals surface area contributed by atoms with E-state index in [4.69, 9.17) is 9.47 Å². The minimum atomic E-state index is -4.36. The Hall–Kier alpha value is -2.87. The standard InChI is InChI=1S/C28H32F3NO3S/c1-6-20(27(33)34-7-2)16-22-10-13-24(14-17(22)3)35-18(4)15-25-19(5)32-26(36-25)21-8-11-23(12-9-21)28(29,30)31/h8-14,18,20H,6-7,15-16H2,1-5H3. The second-order valence-electron chi connectivity index (χ2n) is 8.88. The average molecular weight is 520 g/mol. The van der Waals surface area contributed by atoms with Crippen molar-refractivity contribution in [2.45, 2.75) is 66.2 Å². The van der Waals surface area contributed by atoms with E-state index in [9.17, 15) is 18.0 Å². The molecule has 3 aromatic rings. The van der Waals surface area contributed by atoms with Gasteiger partial charge in [0.2, 0.25) is 0 Å². The van der Waals surface area contributed by atoms with Crippen LogP contribution in [0.4, 0.5) is 13.2 Å². The number of ether oxygens (including phenoxy) is 2. The van der Waals surface area contributed by atoms with E-state index >= 15 is 0 Å². The lowest BCUT2D eigenvalue weighted by atomic mass is 9.94. The molecule has 0 bridgehead atoms. The lowest BCUT2D eigenvalue weighted by Gasteiger charge is -2.18. The van der Waals surface area contributed by atoms with Crippen LogP contribution in [0.5, 0.6) is 5.75 Å². The fourth-order valence-electron chi connectivity index (χ4n) is 3.97. The first kappa shape index (κ1) is 27.7. The third-order valence-electron chi connectivity index (χ3n) is 6.06. The molecule has 0 radical (unpaired) electrons. The van der Waals surface area contributed by atoms with Crippen molar-refractivity contribution < 1.29 is 27.4 Å². The Balaban J connectivity index is 1.64. The third-order valence-corrected chi connectivity index (χ3v) is 7.28. The Morgan fingerprint density at radius 3 is 2.33 bits per heavy atom. The molecule has 0 fully saturated rings. The molecule has 8 heteroatoms. The molecule has 4 nitrogen and oxygen atoms in total. The Labute approximate surface area is 214 Å². The number of nitrogens with zero attached hydrogens (tertiary/aromatic N) is 1. The van der Waals surface area contributed by atoms with E-state index in [1.807, 2.05) is 52.8 Å². The quantitative estimate of drug-likeness (QED) is 0.259. The number of hydrogen-bond acceptors (Lipinski definition) is 5. The summed E-state index contributed by atoms with van der Waals surface area (Å²) in [6.45, 7) is 10.1. The molecule has 2 unspecified atom stereocenters. The minimum absolute atomic E-state index is 0.127. The zero-order valence-corrected chi connectivity index (χ0v) is 22.1. The smallest absolute Gasteiger partial charge is 0.416 e. The second-order valence-corrected chi connectivity index (χ2v) is 9.97. The van der Waals surface area contributed by atoms with Gasteiger partial charge in [-0.1, -0.05) is 25.1 Å².